The Hall–Kier alpha value is -3.16. The lowest BCUT2D eigenvalue weighted by Gasteiger charge is -2.25. The molecular formula is C30H43O13PS. The van der Waals surface area contributed by atoms with Crippen LogP contribution in [0.2, 0.25) is 0 Å². The Morgan fingerprint density at radius 1 is 0.778 bits per heavy atom. The lowest BCUT2D eigenvalue weighted by molar-refractivity contribution is -0.0303. The molecule has 0 aliphatic heterocycles. The van der Waals surface area contributed by atoms with Gasteiger partial charge in [0.05, 0.1) is 13.2 Å². The summed E-state index contributed by atoms with van der Waals surface area (Å²) in [6, 6.07) is 16.2. The minimum absolute atomic E-state index is 0.00422. The number of rotatable bonds is 16. The van der Waals surface area contributed by atoms with E-state index in [1.807, 2.05) is 59.7 Å². The largest absolute Gasteiger partial charge is 0.510 e. The lowest BCUT2D eigenvalue weighted by Crippen LogP contribution is -2.26. The van der Waals surface area contributed by atoms with Gasteiger partial charge in [-0.2, -0.15) is 8.42 Å². The van der Waals surface area contributed by atoms with Crippen molar-refractivity contribution in [3.05, 3.63) is 60.2 Å². The number of carbonyl (C=O) groups excluding carboxylic acids is 2. The standard InChI is InChI=1S/C30H43O13PS/c1-29(2,3)19-37-27(31)39-21-41-44(33,42-22-40-28(32)38-20-30(4,5)6)26(45(34,35)36)17-11-13-23-12-10-16-25(18-23)43-24-14-8-7-9-15-24/h7-10,12,14-16,18,26H,11,13,17,19-22H2,1-6H3,(H,34,35,36)/t26-/m0/s1. The van der Waals surface area contributed by atoms with Crippen molar-refractivity contribution >= 4 is 30.0 Å². The number of ether oxygens (including phenoxy) is 5. The number of aryl methyl sites for hydroxylation is 1. The van der Waals surface area contributed by atoms with Crippen LogP contribution in [0.5, 0.6) is 11.5 Å². The summed E-state index contributed by atoms with van der Waals surface area (Å²) < 4.78 is 84.2. The van der Waals surface area contributed by atoms with Crippen LogP contribution in [0.4, 0.5) is 9.59 Å². The van der Waals surface area contributed by atoms with Crippen LogP contribution in [0, 0.1) is 10.8 Å². The fourth-order valence-electron chi connectivity index (χ4n) is 3.47. The fourth-order valence-corrected chi connectivity index (χ4v) is 6.91. The van der Waals surface area contributed by atoms with Crippen molar-refractivity contribution in [1.82, 2.24) is 0 Å². The van der Waals surface area contributed by atoms with E-state index in [9.17, 15) is 27.1 Å². The molecule has 0 fully saturated rings. The summed E-state index contributed by atoms with van der Waals surface area (Å²) in [6.07, 6.45) is -2.34. The quantitative estimate of drug-likeness (QED) is 0.0801. The van der Waals surface area contributed by atoms with E-state index in [0.717, 1.165) is 5.56 Å². The fraction of sp³-hybridized carbons (Fsp3) is 0.533. The molecule has 0 saturated heterocycles. The van der Waals surface area contributed by atoms with Gasteiger partial charge in [-0.1, -0.05) is 71.9 Å². The van der Waals surface area contributed by atoms with Crippen LogP contribution in [0.25, 0.3) is 0 Å². The Bertz CT molecular complexity index is 1340. The molecule has 45 heavy (non-hydrogen) atoms. The van der Waals surface area contributed by atoms with Gasteiger partial charge in [-0.15, -0.1) is 0 Å². The zero-order valence-electron chi connectivity index (χ0n) is 26.4. The molecule has 0 amide bonds. The zero-order chi connectivity index (χ0) is 33.7. The molecular weight excluding hydrogens is 631 g/mol. The first-order valence-corrected chi connectivity index (χ1v) is 17.2. The van der Waals surface area contributed by atoms with Crippen molar-refractivity contribution in [2.45, 2.75) is 65.8 Å². The van der Waals surface area contributed by atoms with E-state index in [1.165, 1.54) is 0 Å². The summed E-state index contributed by atoms with van der Waals surface area (Å²) >= 11 is 0. The molecule has 0 aliphatic rings. The predicted octanol–water partition coefficient (Wildman–Crippen LogP) is 7.56. The van der Waals surface area contributed by atoms with E-state index >= 15 is 0 Å². The second kappa shape index (κ2) is 17.0. The van der Waals surface area contributed by atoms with Gasteiger partial charge < -0.3 is 23.7 Å². The van der Waals surface area contributed by atoms with Gasteiger partial charge in [-0.3, -0.25) is 18.2 Å². The summed E-state index contributed by atoms with van der Waals surface area (Å²) in [7, 11) is -9.94. The van der Waals surface area contributed by atoms with Crippen LogP contribution in [-0.4, -0.2) is 57.1 Å². The van der Waals surface area contributed by atoms with Gasteiger partial charge in [-0.05, 0) is 59.9 Å². The highest BCUT2D eigenvalue weighted by Gasteiger charge is 2.45. The Kier molecular flexibility index (Phi) is 14.3. The van der Waals surface area contributed by atoms with E-state index in [-0.39, 0.29) is 30.5 Å². The maximum absolute atomic E-state index is 13.8. The van der Waals surface area contributed by atoms with E-state index in [2.05, 4.69) is 0 Å². The van der Waals surface area contributed by atoms with Gasteiger partial charge in [0.25, 0.3) is 10.1 Å². The minimum atomic E-state index is -5.07. The SMILES string of the molecule is CC(C)(C)COC(=O)OCOP(=O)(OCOC(=O)OCC(C)(C)C)[C@H](CCCc1cccc(Oc2ccccc2)c1)S(=O)(=O)O. The van der Waals surface area contributed by atoms with E-state index in [1.54, 1.807) is 36.4 Å². The molecule has 0 unspecified atom stereocenters. The van der Waals surface area contributed by atoms with Crippen molar-refractivity contribution in [1.29, 1.82) is 0 Å². The number of para-hydroxylation sites is 1. The average Bonchev–Trinajstić information content (AvgIpc) is 2.92. The van der Waals surface area contributed by atoms with Gasteiger partial charge in [0, 0.05) is 0 Å². The predicted molar refractivity (Wildman–Crippen MR) is 165 cm³/mol. The summed E-state index contributed by atoms with van der Waals surface area (Å²) in [5.74, 6) is 1.18. The van der Waals surface area contributed by atoms with Gasteiger partial charge >= 0.3 is 19.9 Å². The smallest absolute Gasteiger partial charge is 0.457 e. The molecule has 0 aliphatic carbocycles. The topological polar surface area (TPSA) is 170 Å². The van der Waals surface area contributed by atoms with E-state index < -0.39 is 55.0 Å². The molecule has 1 N–H and O–H groups in total. The van der Waals surface area contributed by atoms with Crippen molar-refractivity contribution in [2.24, 2.45) is 10.8 Å². The molecule has 1 atom stereocenters. The molecule has 2 rings (SSSR count). The third kappa shape index (κ3) is 15.6. The Balaban J connectivity index is 2.12. The second-order valence-corrected chi connectivity index (χ2v) is 16.6. The van der Waals surface area contributed by atoms with Crippen LogP contribution >= 0.6 is 7.60 Å². The molecule has 252 valence electrons. The molecule has 0 bridgehead atoms. The Labute approximate surface area is 264 Å². The van der Waals surface area contributed by atoms with E-state index in [4.69, 9.17) is 32.7 Å². The van der Waals surface area contributed by atoms with Crippen molar-refractivity contribution in [3.8, 4) is 11.5 Å². The highest BCUT2D eigenvalue weighted by atomic mass is 32.2. The van der Waals surface area contributed by atoms with Gasteiger partial charge in [-0.25, -0.2) is 9.59 Å². The number of hydrogen-bond acceptors (Lipinski definition) is 12. The first kappa shape index (κ1) is 38.0. The Morgan fingerprint density at radius 3 is 1.78 bits per heavy atom. The van der Waals surface area contributed by atoms with Crippen molar-refractivity contribution in [2.75, 3.05) is 26.8 Å². The van der Waals surface area contributed by atoms with Gasteiger partial charge in [0.1, 0.15) is 11.5 Å². The molecule has 15 heteroatoms. The van der Waals surface area contributed by atoms with Gasteiger partial charge in [0.2, 0.25) is 13.6 Å². The number of benzene rings is 2. The summed E-state index contributed by atoms with van der Waals surface area (Å²) in [6.45, 7) is 8.79. The third-order valence-electron chi connectivity index (χ3n) is 5.56. The Morgan fingerprint density at radius 2 is 1.29 bits per heavy atom. The second-order valence-electron chi connectivity index (χ2n) is 12.4. The molecule has 0 heterocycles. The van der Waals surface area contributed by atoms with Crippen LogP contribution in [0.3, 0.4) is 0 Å². The summed E-state index contributed by atoms with van der Waals surface area (Å²) in [4.78, 5) is 21.8. The normalized spacial score (nSPS) is 13.0. The highest BCUT2D eigenvalue weighted by Crippen LogP contribution is 2.56. The monoisotopic (exact) mass is 674 g/mol. The molecule has 0 radical (unpaired) electrons. The first-order valence-electron chi connectivity index (χ1n) is 14.1. The van der Waals surface area contributed by atoms with Crippen LogP contribution in [0.15, 0.2) is 54.6 Å². The van der Waals surface area contributed by atoms with Crippen LogP contribution in [-0.2, 0) is 49.1 Å². The third-order valence-corrected chi connectivity index (χ3v) is 9.95. The maximum Gasteiger partial charge on any atom is 0.510 e. The summed E-state index contributed by atoms with van der Waals surface area (Å²) in [5.41, 5.74) is 0.0186. The van der Waals surface area contributed by atoms with E-state index in [0.29, 0.717) is 17.9 Å². The molecule has 13 nitrogen and oxygen atoms in total. The van der Waals surface area contributed by atoms with Crippen molar-refractivity contribution in [3.63, 3.8) is 0 Å². The number of hydrogen-bond donors (Lipinski definition) is 1. The maximum atomic E-state index is 13.8. The van der Waals surface area contributed by atoms with Gasteiger partial charge in [0.15, 0.2) is 4.99 Å². The molecule has 2 aromatic carbocycles. The highest BCUT2D eigenvalue weighted by molar-refractivity contribution is 7.94. The molecule has 0 aromatic heterocycles. The van der Waals surface area contributed by atoms with Crippen LogP contribution in [0.1, 0.15) is 59.9 Å². The summed E-state index contributed by atoms with van der Waals surface area (Å²) in [5, 5.41) is 0. The molecule has 0 spiro atoms. The zero-order valence-corrected chi connectivity index (χ0v) is 28.1. The minimum Gasteiger partial charge on any atom is -0.457 e. The first-order chi connectivity index (χ1) is 20.9. The number of carbonyl (C=O) groups is 2. The average molecular weight is 675 g/mol. The molecule has 0 saturated carbocycles. The lowest BCUT2D eigenvalue weighted by atomic mass is 9.99. The van der Waals surface area contributed by atoms with Crippen molar-refractivity contribution < 1.29 is 59.9 Å². The molecule has 2 aromatic rings. The van der Waals surface area contributed by atoms with Crippen LogP contribution < -0.4 is 4.74 Å².